The number of anilines is 1. The average Bonchev–Trinajstić information content (AvgIpc) is 3.55. The molecule has 0 radical (unpaired) electrons. The largest absolute Gasteiger partial charge is 0.386 e. The molecule has 0 saturated carbocycles. The van der Waals surface area contributed by atoms with Gasteiger partial charge >= 0.3 is 0 Å². The van der Waals surface area contributed by atoms with E-state index in [1.54, 1.807) is 24.5 Å². The number of H-pyrrole nitrogens is 1. The minimum absolute atomic E-state index is 0.0805. The Morgan fingerprint density at radius 3 is 2.49 bits per heavy atom. The number of rotatable bonds is 6. The van der Waals surface area contributed by atoms with Gasteiger partial charge in [-0.2, -0.15) is 0 Å². The highest BCUT2D eigenvalue weighted by Crippen LogP contribution is 2.35. The Morgan fingerprint density at radius 2 is 1.85 bits per heavy atom. The van der Waals surface area contributed by atoms with E-state index in [-0.39, 0.29) is 11.1 Å². The maximum Gasteiger partial charge on any atom is 0.277 e. The van der Waals surface area contributed by atoms with Gasteiger partial charge in [-0.3, -0.25) is 19.5 Å². The van der Waals surface area contributed by atoms with Crippen molar-refractivity contribution in [2.24, 2.45) is 0 Å². The second-order valence-electron chi connectivity index (χ2n) is 11.1. The number of aromatic nitrogens is 3. The van der Waals surface area contributed by atoms with Crippen molar-refractivity contribution in [3.05, 3.63) is 113 Å². The van der Waals surface area contributed by atoms with E-state index in [2.05, 4.69) is 41.0 Å². The quantitative estimate of drug-likeness (QED) is 0.343. The van der Waals surface area contributed by atoms with Crippen molar-refractivity contribution in [2.75, 3.05) is 4.90 Å². The fraction of sp³-hybridized carbons (Fsp3) is 0.290. The van der Waals surface area contributed by atoms with E-state index in [0.29, 0.717) is 17.7 Å². The second-order valence-corrected chi connectivity index (χ2v) is 11.1. The van der Waals surface area contributed by atoms with Crippen LogP contribution in [-0.2, 0) is 16.6 Å². The number of hydrogen-bond acceptors (Lipinski definition) is 5. The highest BCUT2D eigenvalue weighted by Gasteiger charge is 2.38. The molecule has 0 spiro atoms. The number of benzene rings is 2. The molecule has 8 heteroatoms. The molecule has 2 heterocycles. The summed E-state index contributed by atoms with van der Waals surface area (Å²) in [5.74, 6) is -0.824. The molecule has 1 unspecified atom stereocenters. The van der Waals surface area contributed by atoms with E-state index in [9.17, 15) is 14.7 Å². The third kappa shape index (κ3) is 5.33. The Hall–Kier alpha value is -4.30. The molecule has 1 aliphatic rings. The van der Waals surface area contributed by atoms with Crippen LogP contribution >= 0.6 is 0 Å². The SMILES string of the molecule is Cc1ccc2c(c1)C[C@H](NC(=O)C(c1cccnc1)N(C(=O)c1cnc[nH]1)c1ccc(C(C)(C)C)cc1)[C@H]2O. The zero-order valence-corrected chi connectivity index (χ0v) is 22.6. The number of aliphatic hydroxyl groups excluding tert-OH is 1. The lowest BCUT2D eigenvalue weighted by molar-refractivity contribution is -0.124. The van der Waals surface area contributed by atoms with E-state index < -0.39 is 30.0 Å². The minimum Gasteiger partial charge on any atom is -0.386 e. The van der Waals surface area contributed by atoms with Crippen molar-refractivity contribution in [3.8, 4) is 0 Å². The van der Waals surface area contributed by atoms with Gasteiger partial charge in [0.15, 0.2) is 0 Å². The minimum atomic E-state index is -1.05. The fourth-order valence-electron chi connectivity index (χ4n) is 5.12. The Morgan fingerprint density at radius 1 is 1.08 bits per heavy atom. The highest BCUT2D eigenvalue weighted by atomic mass is 16.3. The molecule has 5 rings (SSSR count). The lowest BCUT2D eigenvalue weighted by atomic mass is 9.87. The summed E-state index contributed by atoms with van der Waals surface area (Å²) in [7, 11) is 0. The van der Waals surface area contributed by atoms with Gasteiger partial charge in [-0.15, -0.1) is 0 Å². The Kier molecular flexibility index (Phi) is 7.06. The van der Waals surface area contributed by atoms with Crippen molar-refractivity contribution in [3.63, 3.8) is 0 Å². The van der Waals surface area contributed by atoms with Gasteiger partial charge < -0.3 is 15.4 Å². The fourth-order valence-corrected chi connectivity index (χ4v) is 5.12. The Balaban J connectivity index is 1.55. The highest BCUT2D eigenvalue weighted by molar-refractivity contribution is 6.09. The predicted octanol–water partition coefficient (Wildman–Crippen LogP) is 4.57. The summed E-state index contributed by atoms with van der Waals surface area (Å²) in [4.78, 5) is 40.6. The molecule has 0 saturated heterocycles. The summed E-state index contributed by atoms with van der Waals surface area (Å²) in [5.41, 5.74) is 5.28. The number of carbonyl (C=O) groups is 2. The van der Waals surface area contributed by atoms with Gasteiger partial charge in [0.1, 0.15) is 11.7 Å². The molecule has 1 aliphatic carbocycles. The molecular formula is C31H33N5O3. The van der Waals surface area contributed by atoms with Gasteiger partial charge in [-0.25, -0.2) is 4.98 Å². The van der Waals surface area contributed by atoms with Gasteiger partial charge in [-0.1, -0.05) is 62.7 Å². The maximum absolute atomic E-state index is 14.1. The maximum atomic E-state index is 14.1. The van der Waals surface area contributed by atoms with Crippen LogP contribution in [0, 0.1) is 6.92 Å². The first-order valence-corrected chi connectivity index (χ1v) is 13.0. The summed E-state index contributed by atoms with van der Waals surface area (Å²) in [5, 5.41) is 14.1. The monoisotopic (exact) mass is 523 g/mol. The first kappa shape index (κ1) is 26.3. The van der Waals surface area contributed by atoms with E-state index in [0.717, 1.165) is 22.3 Å². The Labute approximate surface area is 228 Å². The van der Waals surface area contributed by atoms with Gasteiger partial charge in [0.25, 0.3) is 5.91 Å². The van der Waals surface area contributed by atoms with Crippen LogP contribution in [0.2, 0.25) is 0 Å². The number of nitrogens with zero attached hydrogens (tertiary/aromatic N) is 3. The number of aliphatic hydroxyl groups is 1. The molecule has 4 aromatic rings. The Bertz CT molecular complexity index is 1460. The lowest BCUT2D eigenvalue weighted by Gasteiger charge is -2.32. The normalized spacial score (nSPS) is 17.4. The van der Waals surface area contributed by atoms with Crippen LogP contribution in [0.25, 0.3) is 0 Å². The van der Waals surface area contributed by atoms with Gasteiger partial charge in [0.2, 0.25) is 5.91 Å². The topological polar surface area (TPSA) is 111 Å². The molecule has 200 valence electrons. The van der Waals surface area contributed by atoms with Crippen molar-refractivity contribution < 1.29 is 14.7 Å². The van der Waals surface area contributed by atoms with Gasteiger partial charge in [0, 0.05) is 23.6 Å². The molecule has 2 aromatic heterocycles. The predicted molar refractivity (Wildman–Crippen MR) is 149 cm³/mol. The zero-order valence-electron chi connectivity index (χ0n) is 22.6. The molecule has 8 nitrogen and oxygen atoms in total. The smallest absolute Gasteiger partial charge is 0.277 e. The van der Waals surface area contributed by atoms with E-state index in [1.807, 2.05) is 49.4 Å². The molecule has 3 N–H and O–H groups in total. The molecule has 39 heavy (non-hydrogen) atoms. The number of hydrogen-bond donors (Lipinski definition) is 3. The summed E-state index contributed by atoms with van der Waals surface area (Å²) < 4.78 is 0. The summed E-state index contributed by atoms with van der Waals surface area (Å²) in [6, 6.07) is 15.5. The number of aryl methyl sites for hydroxylation is 1. The van der Waals surface area contributed by atoms with Crippen LogP contribution in [0.4, 0.5) is 5.69 Å². The third-order valence-electron chi connectivity index (χ3n) is 7.23. The number of imidazole rings is 1. The lowest BCUT2D eigenvalue weighted by Crippen LogP contribution is -2.48. The van der Waals surface area contributed by atoms with Crippen molar-refractivity contribution >= 4 is 17.5 Å². The third-order valence-corrected chi connectivity index (χ3v) is 7.23. The van der Waals surface area contributed by atoms with E-state index in [1.165, 1.54) is 17.4 Å². The number of nitrogens with one attached hydrogen (secondary N) is 2. The van der Waals surface area contributed by atoms with Crippen molar-refractivity contribution in [2.45, 2.75) is 57.7 Å². The van der Waals surface area contributed by atoms with Crippen LogP contribution in [0.5, 0.6) is 0 Å². The summed E-state index contributed by atoms with van der Waals surface area (Å²) in [6.07, 6.45) is 5.74. The summed E-state index contributed by atoms with van der Waals surface area (Å²) >= 11 is 0. The number of fused-ring (bicyclic) bond motifs is 1. The molecular weight excluding hydrogens is 490 g/mol. The first-order chi connectivity index (χ1) is 18.6. The average molecular weight is 524 g/mol. The van der Waals surface area contributed by atoms with Gasteiger partial charge in [0.05, 0.1) is 24.7 Å². The van der Waals surface area contributed by atoms with Crippen LogP contribution in [0.3, 0.4) is 0 Å². The first-order valence-electron chi connectivity index (χ1n) is 13.0. The van der Waals surface area contributed by atoms with Crippen molar-refractivity contribution in [1.29, 1.82) is 0 Å². The van der Waals surface area contributed by atoms with Crippen LogP contribution < -0.4 is 10.2 Å². The van der Waals surface area contributed by atoms with E-state index in [4.69, 9.17) is 0 Å². The number of aromatic amines is 1. The molecule has 0 bridgehead atoms. The summed E-state index contributed by atoms with van der Waals surface area (Å²) in [6.45, 7) is 8.36. The molecule has 2 aromatic carbocycles. The molecule has 3 atom stereocenters. The van der Waals surface area contributed by atoms with Crippen LogP contribution in [0.15, 0.2) is 79.5 Å². The molecule has 0 aliphatic heterocycles. The van der Waals surface area contributed by atoms with Crippen LogP contribution in [0.1, 0.15) is 71.2 Å². The second kappa shape index (κ2) is 10.5. The van der Waals surface area contributed by atoms with Crippen LogP contribution in [-0.4, -0.2) is 37.9 Å². The number of amides is 2. The van der Waals surface area contributed by atoms with E-state index >= 15 is 0 Å². The number of pyridine rings is 1. The number of carbonyl (C=O) groups excluding carboxylic acids is 2. The molecule has 2 amide bonds. The van der Waals surface area contributed by atoms with Crippen molar-refractivity contribution in [1.82, 2.24) is 20.3 Å². The standard InChI is InChI=1S/C31H33N5O3/c1-19-7-12-24-21(14-19)15-25(28(24)37)35-29(38)27(20-6-5-13-32-16-20)36(30(39)26-17-33-18-34-26)23-10-8-22(9-11-23)31(2,3)4/h5-14,16-18,25,27-28,37H,15H2,1-4H3,(H,33,34)(H,35,38)/t25-,27?,28-/m0/s1. The van der Waals surface area contributed by atoms with Gasteiger partial charge in [-0.05, 0) is 53.6 Å². The zero-order chi connectivity index (χ0) is 27.7. The molecule has 0 fully saturated rings.